The summed E-state index contributed by atoms with van der Waals surface area (Å²) >= 11 is 2.11. The zero-order valence-corrected chi connectivity index (χ0v) is 15.8. The van der Waals surface area contributed by atoms with Gasteiger partial charge in [0.2, 0.25) is 0 Å². The standard InChI is InChI=1S/C20H33N3S/c1-2-6-19(7-3-1)18-23-14-12-22(13-15-23)11-5-4-10-21-20-8-16-24-17-9-20/h1-3,6-7,20-21H,4-5,8-18H2. The number of rotatable bonds is 8. The van der Waals surface area contributed by atoms with E-state index in [2.05, 4.69) is 57.2 Å². The number of piperazine rings is 1. The molecule has 2 fully saturated rings. The van der Waals surface area contributed by atoms with E-state index in [4.69, 9.17) is 0 Å². The van der Waals surface area contributed by atoms with Crippen LogP contribution in [0.4, 0.5) is 0 Å². The summed E-state index contributed by atoms with van der Waals surface area (Å²) in [7, 11) is 0. The first-order chi connectivity index (χ1) is 11.9. The molecule has 4 heteroatoms. The van der Waals surface area contributed by atoms with E-state index >= 15 is 0 Å². The summed E-state index contributed by atoms with van der Waals surface area (Å²) in [4.78, 5) is 5.24. The van der Waals surface area contributed by atoms with Gasteiger partial charge in [0.05, 0.1) is 0 Å². The van der Waals surface area contributed by atoms with E-state index in [0.717, 1.165) is 12.6 Å². The molecule has 0 bridgehead atoms. The average molecular weight is 348 g/mol. The van der Waals surface area contributed by atoms with Crippen molar-refractivity contribution < 1.29 is 0 Å². The highest BCUT2D eigenvalue weighted by Gasteiger charge is 2.16. The molecule has 0 unspecified atom stereocenters. The van der Waals surface area contributed by atoms with Gasteiger partial charge in [0, 0.05) is 38.8 Å². The van der Waals surface area contributed by atoms with Gasteiger partial charge in [-0.1, -0.05) is 30.3 Å². The zero-order valence-electron chi connectivity index (χ0n) is 15.0. The molecule has 0 amide bonds. The third kappa shape index (κ3) is 6.40. The van der Waals surface area contributed by atoms with Crippen molar-refractivity contribution in [2.24, 2.45) is 0 Å². The normalized spacial score (nSPS) is 21.2. The molecule has 3 nitrogen and oxygen atoms in total. The average Bonchev–Trinajstić information content (AvgIpc) is 2.65. The van der Waals surface area contributed by atoms with Gasteiger partial charge in [-0.05, 0) is 55.8 Å². The van der Waals surface area contributed by atoms with E-state index in [-0.39, 0.29) is 0 Å². The van der Waals surface area contributed by atoms with E-state index in [1.54, 1.807) is 0 Å². The van der Waals surface area contributed by atoms with Crippen LogP contribution in [0.15, 0.2) is 30.3 Å². The third-order valence-electron chi connectivity index (χ3n) is 5.27. The topological polar surface area (TPSA) is 18.5 Å². The molecule has 0 atom stereocenters. The lowest BCUT2D eigenvalue weighted by Crippen LogP contribution is -2.46. The van der Waals surface area contributed by atoms with Crippen LogP contribution < -0.4 is 5.32 Å². The molecule has 2 heterocycles. The Labute approximate surface area is 152 Å². The Balaban J connectivity index is 1.22. The second-order valence-electron chi connectivity index (χ2n) is 7.15. The van der Waals surface area contributed by atoms with Crippen molar-refractivity contribution >= 4 is 11.8 Å². The fraction of sp³-hybridized carbons (Fsp3) is 0.700. The summed E-state index contributed by atoms with van der Waals surface area (Å²) in [6.07, 6.45) is 5.41. The van der Waals surface area contributed by atoms with Crippen LogP contribution in [0, 0.1) is 0 Å². The molecule has 2 saturated heterocycles. The molecule has 0 saturated carbocycles. The first-order valence-electron chi connectivity index (χ1n) is 9.70. The van der Waals surface area contributed by atoms with Gasteiger partial charge < -0.3 is 10.2 Å². The van der Waals surface area contributed by atoms with Crippen LogP contribution >= 0.6 is 11.8 Å². The quantitative estimate of drug-likeness (QED) is 0.728. The zero-order chi connectivity index (χ0) is 16.5. The molecule has 1 N–H and O–H groups in total. The van der Waals surface area contributed by atoms with Gasteiger partial charge in [-0.25, -0.2) is 0 Å². The van der Waals surface area contributed by atoms with Crippen molar-refractivity contribution in [2.75, 3.05) is 50.8 Å². The van der Waals surface area contributed by atoms with Crippen molar-refractivity contribution in [3.05, 3.63) is 35.9 Å². The van der Waals surface area contributed by atoms with Gasteiger partial charge in [0.1, 0.15) is 0 Å². The van der Waals surface area contributed by atoms with Crippen molar-refractivity contribution in [2.45, 2.75) is 38.3 Å². The maximum Gasteiger partial charge on any atom is 0.0234 e. The lowest BCUT2D eigenvalue weighted by Gasteiger charge is -2.34. The van der Waals surface area contributed by atoms with Crippen LogP contribution in [0.25, 0.3) is 0 Å². The first kappa shape index (κ1) is 18.2. The van der Waals surface area contributed by atoms with Crippen molar-refractivity contribution in [1.29, 1.82) is 0 Å². The molecule has 0 aliphatic carbocycles. The minimum absolute atomic E-state index is 0.799. The van der Waals surface area contributed by atoms with Crippen molar-refractivity contribution in [3.8, 4) is 0 Å². The van der Waals surface area contributed by atoms with Crippen LogP contribution in [-0.2, 0) is 6.54 Å². The smallest absolute Gasteiger partial charge is 0.0234 e. The summed E-state index contributed by atoms with van der Waals surface area (Å²) in [5, 5.41) is 3.75. The fourth-order valence-electron chi connectivity index (χ4n) is 3.68. The van der Waals surface area contributed by atoms with Crippen LogP contribution in [0.1, 0.15) is 31.2 Å². The van der Waals surface area contributed by atoms with Gasteiger partial charge >= 0.3 is 0 Å². The summed E-state index contributed by atoms with van der Waals surface area (Å²) in [5.41, 5.74) is 1.44. The van der Waals surface area contributed by atoms with Crippen LogP contribution in [0.5, 0.6) is 0 Å². The Morgan fingerprint density at radius 1 is 0.917 bits per heavy atom. The van der Waals surface area contributed by atoms with E-state index in [1.165, 1.54) is 82.0 Å². The highest BCUT2D eigenvalue weighted by atomic mass is 32.2. The van der Waals surface area contributed by atoms with Gasteiger partial charge in [-0.15, -0.1) is 0 Å². The number of hydrogen-bond acceptors (Lipinski definition) is 4. The molecule has 2 aliphatic heterocycles. The molecular weight excluding hydrogens is 314 g/mol. The predicted octanol–water partition coefficient (Wildman–Crippen LogP) is 3.07. The molecule has 134 valence electrons. The lowest BCUT2D eigenvalue weighted by molar-refractivity contribution is 0.125. The number of hydrogen-bond donors (Lipinski definition) is 1. The predicted molar refractivity (Wildman–Crippen MR) is 106 cm³/mol. The number of benzene rings is 1. The summed E-state index contributed by atoms with van der Waals surface area (Å²) in [6, 6.07) is 11.7. The minimum Gasteiger partial charge on any atom is -0.314 e. The van der Waals surface area contributed by atoms with Gasteiger partial charge in [0.15, 0.2) is 0 Å². The summed E-state index contributed by atoms with van der Waals surface area (Å²) in [5.74, 6) is 2.70. The van der Waals surface area contributed by atoms with Crippen LogP contribution in [0.3, 0.4) is 0 Å². The molecule has 0 aromatic heterocycles. The second kappa shape index (κ2) is 10.4. The molecule has 2 aliphatic rings. The molecule has 0 spiro atoms. The maximum absolute atomic E-state index is 3.75. The molecule has 0 radical (unpaired) electrons. The number of nitrogens with zero attached hydrogens (tertiary/aromatic N) is 2. The monoisotopic (exact) mass is 347 g/mol. The fourth-order valence-corrected chi connectivity index (χ4v) is 4.79. The third-order valence-corrected chi connectivity index (χ3v) is 6.32. The Morgan fingerprint density at radius 3 is 2.38 bits per heavy atom. The largest absolute Gasteiger partial charge is 0.314 e. The Hall–Kier alpha value is -0.550. The van der Waals surface area contributed by atoms with E-state index in [1.807, 2.05) is 0 Å². The Bertz CT molecular complexity index is 439. The lowest BCUT2D eigenvalue weighted by atomic mass is 10.1. The maximum atomic E-state index is 3.75. The Kier molecular flexibility index (Phi) is 7.94. The highest BCUT2D eigenvalue weighted by Crippen LogP contribution is 2.16. The van der Waals surface area contributed by atoms with E-state index in [0.29, 0.717) is 0 Å². The molecule has 1 aromatic carbocycles. The molecular formula is C20H33N3S. The first-order valence-corrected chi connectivity index (χ1v) is 10.9. The molecule has 3 rings (SSSR count). The number of nitrogens with one attached hydrogen (secondary N) is 1. The SMILES string of the molecule is c1ccc(CN2CCN(CCCCNC3CCSCC3)CC2)cc1. The minimum atomic E-state index is 0.799. The van der Waals surface area contributed by atoms with Gasteiger partial charge in [0.25, 0.3) is 0 Å². The van der Waals surface area contributed by atoms with Crippen LogP contribution in [0.2, 0.25) is 0 Å². The van der Waals surface area contributed by atoms with E-state index < -0.39 is 0 Å². The van der Waals surface area contributed by atoms with Crippen molar-refractivity contribution in [3.63, 3.8) is 0 Å². The highest BCUT2D eigenvalue weighted by molar-refractivity contribution is 7.99. The van der Waals surface area contributed by atoms with E-state index in [9.17, 15) is 0 Å². The molecule has 24 heavy (non-hydrogen) atoms. The molecule has 1 aromatic rings. The summed E-state index contributed by atoms with van der Waals surface area (Å²) in [6.45, 7) is 8.50. The van der Waals surface area contributed by atoms with Gasteiger partial charge in [-0.3, -0.25) is 4.90 Å². The summed E-state index contributed by atoms with van der Waals surface area (Å²) < 4.78 is 0. The van der Waals surface area contributed by atoms with Crippen molar-refractivity contribution in [1.82, 2.24) is 15.1 Å². The Morgan fingerprint density at radius 2 is 1.62 bits per heavy atom. The van der Waals surface area contributed by atoms with Crippen LogP contribution in [-0.4, -0.2) is 66.6 Å². The number of thioether (sulfide) groups is 1. The number of unbranched alkanes of at least 4 members (excludes halogenated alkanes) is 1. The second-order valence-corrected chi connectivity index (χ2v) is 8.38. The van der Waals surface area contributed by atoms with Gasteiger partial charge in [-0.2, -0.15) is 11.8 Å².